The van der Waals surface area contributed by atoms with Crippen molar-refractivity contribution in [3.63, 3.8) is 0 Å². The van der Waals surface area contributed by atoms with Gasteiger partial charge in [-0.15, -0.1) is 0 Å². The predicted molar refractivity (Wildman–Crippen MR) is 60.4 cm³/mol. The second kappa shape index (κ2) is 6.41. The SMILES string of the molecule is CCN(CC)C1CCCCCCC1O. The first-order chi connectivity index (χ1) is 6.79. The molecular weight excluding hydrogens is 174 g/mol. The van der Waals surface area contributed by atoms with E-state index in [2.05, 4.69) is 18.7 Å². The molecule has 0 amide bonds. The van der Waals surface area contributed by atoms with Crippen molar-refractivity contribution >= 4 is 0 Å². The van der Waals surface area contributed by atoms with Gasteiger partial charge in [-0.3, -0.25) is 4.90 Å². The maximum atomic E-state index is 10.1. The Hall–Kier alpha value is -0.0800. The Labute approximate surface area is 88.3 Å². The van der Waals surface area contributed by atoms with E-state index in [4.69, 9.17) is 0 Å². The lowest BCUT2D eigenvalue weighted by molar-refractivity contribution is 0.0363. The van der Waals surface area contributed by atoms with Gasteiger partial charge in [0.25, 0.3) is 0 Å². The summed E-state index contributed by atoms with van der Waals surface area (Å²) >= 11 is 0. The number of rotatable bonds is 3. The first kappa shape index (κ1) is 12.0. The molecule has 1 N–H and O–H groups in total. The Kier molecular flexibility index (Phi) is 5.49. The number of likely N-dealkylation sites (N-methyl/N-ethyl adjacent to an activating group) is 1. The van der Waals surface area contributed by atoms with Crippen molar-refractivity contribution in [3.8, 4) is 0 Å². The molecule has 84 valence electrons. The molecule has 1 saturated carbocycles. The summed E-state index contributed by atoms with van der Waals surface area (Å²) in [5, 5.41) is 10.1. The fourth-order valence-electron chi connectivity index (χ4n) is 2.56. The highest BCUT2D eigenvalue weighted by Gasteiger charge is 2.24. The van der Waals surface area contributed by atoms with Gasteiger partial charge >= 0.3 is 0 Å². The predicted octanol–water partition coefficient (Wildman–Crippen LogP) is 2.41. The van der Waals surface area contributed by atoms with E-state index in [1.54, 1.807) is 0 Å². The van der Waals surface area contributed by atoms with Gasteiger partial charge in [0.1, 0.15) is 0 Å². The molecule has 2 nitrogen and oxygen atoms in total. The van der Waals surface area contributed by atoms with Crippen LogP contribution >= 0.6 is 0 Å². The van der Waals surface area contributed by atoms with E-state index in [1.807, 2.05) is 0 Å². The average molecular weight is 199 g/mol. The number of hydrogen-bond donors (Lipinski definition) is 1. The maximum Gasteiger partial charge on any atom is 0.0695 e. The van der Waals surface area contributed by atoms with E-state index in [-0.39, 0.29) is 6.10 Å². The van der Waals surface area contributed by atoms with Crippen molar-refractivity contribution in [2.45, 2.75) is 64.5 Å². The van der Waals surface area contributed by atoms with Crippen molar-refractivity contribution in [2.24, 2.45) is 0 Å². The minimum atomic E-state index is -0.0878. The molecule has 1 aliphatic rings. The zero-order chi connectivity index (χ0) is 10.4. The smallest absolute Gasteiger partial charge is 0.0695 e. The van der Waals surface area contributed by atoms with Gasteiger partial charge in [0, 0.05) is 6.04 Å². The second-order valence-electron chi connectivity index (χ2n) is 4.35. The molecule has 1 fully saturated rings. The lowest BCUT2D eigenvalue weighted by Gasteiger charge is -2.34. The summed E-state index contributed by atoms with van der Waals surface area (Å²) in [5.74, 6) is 0. The van der Waals surface area contributed by atoms with Crippen LogP contribution in [0.25, 0.3) is 0 Å². The molecule has 2 heteroatoms. The monoisotopic (exact) mass is 199 g/mol. The maximum absolute atomic E-state index is 10.1. The number of aliphatic hydroxyl groups is 1. The van der Waals surface area contributed by atoms with Gasteiger partial charge in [-0.2, -0.15) is 0 Å². The van der Waals surface area contributed by atoms with Crippen LogP contribution in [-0.4, -0.2) is 35.2 Å². The van der Waals surface area contributed by atoms with Crippen molar-refractivity contribution in [2.75, 3.05) is 13.1 Å². The van der Waals surface area contributed by atoms with Gasteiger partial charge in [0.2, 0.25) is 0 Å². The van der Waals surface area contributed by atoms with Gasteiger partial charge in [0.05, 0.1) is 6.10 Å². The zero-order valence-corrected chi connectivity index (χ0v) is 9.71. The van der Waals surface area contributed by atoms with Gasteiger partial charge in [0.15, 0.2) is 0 Å². The van der Waals surface area contributed by atoms with Gasteiger partial charge in [-0.1, -0.05) is 39.5 Å². The molecule has 0 aromatic rings. The number of aliphatic hydroxyl groups excluding tert-OH is 1. The standard InChI is InChI=1S/C12H25NO/c1-3-13(4-2)11-9-7-5-6-8-10-12(11)14/h11-12,14H,3-10H2,1-2H3. The van der Waals surface area contributed by atoms with E-state index in [9.17, 15) is 5.11 Å². The third kappa shape index (κ3) is 3.25. The lowest BCUT2D eigenvalue weighted by atomic mass is 9.93. The van der Waals surface area contributed by atoms with Crippen molar-refractivity contribution < 1.29 is 5.11 Å². The molecule has 0 aliphatic heterocycles. The van der Waals surface area contributed by atoms with E-state index < -0.39 is 0 Å². The molecule has 2 atom stereocenters. The first-order valence-electron chi connectivity index (χ1n) is 6.21. The molecule has 2 unspecified atom stereocenters. The lowest BCUT2D eigenvalue weighted by Crippen LogP contribution is -2.43. The Balaban J connectivity index is 2.51. The fourth-order valence-corrected chi connectivity index (χ4v) is 2.56. The van der Waals surface area contributed by atoms with E-state index in [0.29, 0.717) is 6.04 Å². The Morgan fingerprint density at radius 1 is 1.00 bits per heavy atom. The molecule has 0 aromatic heterocycles. The summed E-state index contributed by atoms with van der Waals surface area (Å²) in [5.41, 5.74) is 0. The van der Waals surface area contributed by atoms with Crippen LogP contribution in [0.3, 0.4) is 0 Å². The van der Waals surface area contributed by atoms with E-state index in [1.165, 1.54) is 32.1 Å². The second-order valence-corrected chi connectivity index (χ2v) is 4.35. The summed E-state index contributed by atoms with van der Waals surface area (Å²) in [6.07, 6.45) is 7.25. The minimum Gasteiger partial charge on any atom is -0.391 e. The molecule has 0 bridgehead atoms. The molecule has 0 aromatic carbocycles. The van der Waals surface area contributed by atoms with Crippen molar-refractivity contribution in [3.05, 3.63) is 0 Å². The highest BCUT2D eigenvalue weighted by molar-refractivity contribution is 4.79. The van der Waals surface area contributed by atoms with Crippen LogP contribution in [-0.2, 0) is 0 Å². The van der Waals surface area contributed by atoms with Crippen molar-refractivity contribution in [1.29, 1.82) is 0 Å². The van der Waals surface area contributed by atoms with Crippen LogP contribution in [0.1, 0.15) is 52.4 Å². The number of hydrogen-bond acceptors (Lipinski definition) is 2. The van der Waals surface area contributed by atoms with Gasteiger partial charge in [-0.25, -0.2) is 0 Å². The van der Waals surface area contributed by atoms with Crippen LogP contribution < -0.4 is 0 Å². The topological polar surface area (TPSA) is 23.5 Å². The molecule has 1 rings (SSSR count). The molecule has 14 heavy (non-hydrogen) atoms. The highest BCUT2D eigenvalue weighted by Crippen LogP contribution is 2.21. The van der Waals surface area contributed by atoms with E-state index >= 15 is 0 Å². The third-order valence-electron chi connectivity index (χ3n) is 3.48. The molecule has 0 heterocycles. The Morgan fingerprint density at radius 3 is 2.14 bits per heavy atom. The quantitative estimate of drug-likeness (QED) is 0.754. The third-order valence-corrected chi connectivity index (χ3v) is 3.48. The number of nitrogens with zero attached hydrogens (tertiary/aromatic N) is 1. The van der Waals surface area contributed by atoms with Crippen LogP contribution in [0.2, 0.25) is 0 Å². The summed E-state index contributed by atoms with van der Waals surface area (Å²) in [7, 11) is 0. The fraction of sp³-hybridized carbons (Fsp3) is 1.00. The zero-order valence-electron chi connectivity index (χ0n) is 9.71. The Morgan fingerprint density at radius 2 is 1.57 bits per heavy atom. The molecular formula is C12H25NO. The highest BCUT2D eigenvalue weighted by atomic mass is 16.3. The average Bonchev–Trinajstić information content (AvgIpc) is 2.18. The molecule has 0 spiro atoms. The molecule has 0 radical (unpaired) electrons. The molecule has 0 saturated heterocycles. The van der Waals surface area contributed by atoms with Crippen molar-refractivity contribution in [1.82, 2.24) is 4.90 Å². The summed E-state index contributed by atoms with van der Waals surface area (Å²) in [6.45, 7) is 6.51. The van der Waals surface area contributed by atoms with Gasteiger partial charge in [-0.05, 0) is 25.9 Å². The summed E-state index contributed by atoms with van der Waals surface area (Å²) < 4.78 is 0. The van der Waals surface area contributed by atoms with Crippen LogP contribution in [0.5, 0.6) is 0 Å². The Bertz CT molecular complexity index is 145. The van der Waals surface area contributed by atoms with E-state index in [0.717, 1.165) is 19.5 Å². The van der Waals surface area contributed by atoms with Crippen LogP contribution in [0.15, 0.2) is 0 Å². The summed E-state index contributed by atoms with van der Waals surface area (Å²) in [6, 6.07) is 0.422. The van der Waals surface area contributed by atoms with Gasteiger partial charge < -0.3 is 5.11 Å². The minimum absolute atomic E-state index is 0.0878. The van der Waals surface area contributed by atoms with Crippen LogP contribution in [0, 0.1) is 0 Å². The normalized spacial score (nSPS) is 30.0. The molecule has 1 aliphatic carbocycles. The first-order valence-corrected chi connectivity index (χ1v) is 6.21. The summed E-state index contributed by atoms with van der Waals surface area (Å²) in [4.78, 5) is 2.41. The van der Waals surface area contributed by atoms with Crippen LogP contribution in [0.4, 0.5) is 0 Å². The largest absolute Gasteiger partial charge is 0.391 e.